The molecular formula is C15H12Cl2N2O4. The second-order valence-corrected chi connectivity index (χ2v) is 5.41. The van der Waals surface area contributed by atoms with E-state index < -0.39 is 18.5 Å². The van der Waals surface area contributed by atoms with Crippen molar-refractivity contribution in [2.45, 2.75) is 6.54 Å². The minimum Gasteiger partial charge on any atom is -0.454 e. The SMILES string of the molecule is O=C(COC(=O)Cn1ccccc1=O)Nc1cc(Cl)cc(Cl)c1. The molecule has 0 aliphatic rings. The zero-order chi connectivity index (χ0) is 16.8. The maximum Gasteiger partial charge on any atom is 0.326 e. The molecule has 2 rings (SSSR count). The normalized spacial score (nSPS) is 10.2. The summed E-state index contributed by atoms with van der Waals surface area (Å²) < 4.78 is 6.00. The van der Waals surface area contributed by atoms with Crippen molar-refractivity contribution in [1.29, 1.82) is 0 Å². The number of nitrogens with one attached hydrogen (secondary N) is 1. The second-order valence-electron chi connectivity index (χ2n) is 4.53. The van der Waals surface area contributed by atoms with E-state index in [4.69, 9.17) is 27.9 Å². The largest absolute Gasteiger partial charge is 0.454 e. The molecule has 0 atom stereocenters. The number of hydrogen-bond donors (Lipinski definition) is 1. The molecule has 0 bridgehead atoms. The van der Waals surface area contributed by atoms with Crippen molar-refractivity contribution in [1.82, 2.24) is 4.57 Å². The smallest absolute Gasteiger partial charge is 0.326 e. The number of halogens is 2. The van der Waals surface area contributed by atoms with E-state index in [9.17, 15) is 14.4 Å². The number of carbonyl (C=O) groups is 2. The first-order valence-electron chi connectivity index (χ1n) is 6.51. The van der Waals surface area contributed by atoms with Crippen molar-refractivity contribution in [3.63, 3.8) is 0 Å². The second kappa shape index (κ2) is 7.80. The predicted octanol–water partition coefficient (Wildman–Crippen LogP) is 2.34. The van der Waals surface area contributed by atoms with Gasteiger partial charge in [-0.1, -0.05) is 29.3 Å². The van der Waals surface area contributed by atoms with Crippen LogP contribution in [0.1, 0.15) is 0 Å². The molecular weight excluding hydrogens is 343 g/mol. The van der Waals surface area contributed by atoms with Crippen LogP contribution in [0.2, 0.25) is 10.0 Å². The number of anilines is 1. The van der Waals surface area contributed by atoms with Gasteiger partial charge in [0.15, 0.2) is 6.61 Å². The molecule has 23 heavy (non-hydrogen) atoms. The van der Waals surface area contributed by atoms with Gasteiger partial charge >= 0.3 is 5.97 Å². The van der Waals surface area contributed by atoms with Crippen LogP contribution in [0.3, 0.4) is 0 Å². The average molecular weight is 355 g/mol. The Morgan fingerprint density at radius 1 is 1.13 bits per heavy atom. The zero-order valence-corrected chi connectivity index (χ0v) is 13.3. The number of pyridine rings is 1. The Hall–Kier alpha value is -2.31. The molecule has 2 aromatic rings. The highest BCUT2D eigenvalue weighted by atomic mass is 35.5. The summed E-state index contributed by atoms with van der Waals surface area (Å²) in [4.78, 5) is 34.8. The number of hydrogen-bond acceptors (Lipinski definition) is 4. The number of rotatable bonds is 5. The third-order valence-electron chi connectivity index (χ3n) is 2.71. The van der Waals surface area contributed by atoms with E-state index in [1.807, 2.05) is 0 Å². The standard InChI is InChI=1S/C15H12Cl2N2O4/c16-10-5-11(17)7-12(6-10)18-13(20)9-23-15(22)8-19-4-2-1-3-14(19)21/h1-7H,8-9H2,(H,18,20). The van der Waals surface area contributed by atoms with Gasteiger partial charge in [0.2, 0.25) is 0 Å². The highest BCUT2D eigenvalue weighted by Crippen LogP contribution is 2.22. The van der Waals surface area contributed by atoms with Gasteiger partial charge in [-0.3, -0.25) is 14.4 Å². The van der Waals surface area contributed by atoms with E-state index in [2.05, 4.69) is 5.32 Å². The van der Waals surface area contributed by atoms with Crippen LogP contribution < -0.4 is 10.9 Å². The molecule has 0 spiro atoms. The van der Waals surface area contributed by atoms with E-state index in [1.165, 1.54) is 35.0 Å². The van der Waals surface area contributed by atoms with Crippen LogP contribution in [0.25, 0.3) is 0 Å². The summed E-state index contributed by atoms with van der Waals surface area (Å²) in [6.07, 6.45) is 1.46. The van der Waals surface area contributed by atoms with Gasteiger partial charge in [-0.05, 0) is 24.3 Å². The van der Waals surface area contributed by atoms with Crippen molar-refractivity contribution in [3.8, 4) is 0 Å². The van der Waals surface area contributed by atoms with Crippen molar-refractivity contribution in [2.75, 3.05) is 11.9 Å². The first-order chi connectivity index (χ1) is 10.9. The summed E-state index contributed by atoms with van der Waals surface area (Å²) in [6.45, 7) is -0.750. The van der Waals surface area contributed by atoms with Crippen LogP contribution in [0, 0.1) is 0 Å². The molecule has 1 heterocycles. The molecule has 0 fully saturated rings. The van der Waals surface area contributed by atoms with Gasteiger partial charge in [0, 0.05) is 28.0 Å². The lowest BCUT2D eigenvalue weighted by Gasteiger charge is -2.08. The lowest BCUT2D eigenvalue weighted by molar-refractivity contribution is -0.147. The minimum atomic E-state index is -0.697. The first kappa shape index (κ1) is 17.1. The van der Waals surface area contributed by atoms with Gasteiger partial charge in [-0.15, -0.1) is 0 Å². The number of nitrogens with zero attached hydrogens (tertiary/aromatic N) is 1. The molecule has 0 radical (unpaired) electrons. The van der Waals surface area contributed by atoms with Crippen molar-refractivity contribution >= 4 is 40.8 Å². The van der Waals surface area contributed by atoms with Gasteiger partial charge in [0.05, 0.1) is 0 Å². The van der Waals surface area contributed by atoms with Crippen LogP contribution in [0.5, 0.6) is 0 Å². The fourth-order valence-corrected chi connectivity index (χ4v) is 2.27. The van der Waals surface area contributed by atoms with Crippen LogP contribution in [-0.2, 0) is 20.9 Å². The first-order valence-corrected chi connectivity index (χ1v) is 7.26. The molecule has 0 saturated heterocycles. The summed E-state index contributed by atoms with van der Waals surface area (Å²) in [6, 6.07) is 9.05. The van der Waals surface area contributed by atoms with Crippen LogP contribution in [0.4, 0.5) is 5.69 Å². The highest BCUT2D eigenvalue weighted by molar-refractivity contribution is 6.35. The van der Waals surface area contributed by atoms with Crippen molar-refractivity contribution in [2.24, 2.45) is 0 Å². The van der Waals surface area contributed by atoms with Gasteiger partial charge in [-0.25, -0.2) is 0 Å². The molecule has 1 aromatic carbocycles. The molecule has 1 N–H and O–H groups in total. The summed E-state index contributed by atoms with van der Waals surface area (Å²) >= 11 is 11.6. The summed E-state index contributed by atoms with van der Waals surface area (Å²) in [5.41, 5.74) is 0.0605. The fraction of sp³-hybridized carbons (Fsp3) is 0.133. The number of aromatic nitrogens is 1. The molecule has 6 nitrogen and oxygen atoms in total. The predicted molar refractivity (Wildman–Crippen MR) is 86.8 cm³/mol. The Morgan fingerprint density at radius 2 is 1.83 bits per heavy atom. The van der Waals surface area contributed by atoms with Gasteiger partial charge < -0.3 is 14.6 Å². The van der Waals surface area contributed by atoms with E-state index >= 15 is 0 Å². The summed E-state index contributed by atoms with van der Waals surface area (Å²) in [5.74, 6) is -1.24. The minimum absolute atomic E-state index is 0.268. The highest BCUT2D eigenvalue weighted by Gasteiger charge is 2.10. The van der Waals surface area contributed by atoms with E-state index in [0.29, 0.717) is 15.7 Å². The lowest BCUT2D eigenvalue weighted by Crippen LogP contribution is -2.26. The number of ether oxygens (including phenoxy) is 1. The Morgan fingerprint density at radius 3 is 2.48 bits per heavy atom. The van der Waals surface area contributed by atoms with Crippen LogP contribution in [0.15, 0.2) is 47.4 Å². The Labute approximate surface area is 141 Å². The summed E-state index contributed by atoms with van der Waals surface area (Å²) in [5, 5.41) is 3.24. The summed E-state index contributed by atoms with van der Waals surface area (Å²) in [7, 11) is 0. The zero-order valence-electron chi connectivity index (χ0n) is 11.8. The molecule has 0 aliphatic carbocycles. The number of benzene rings is 1. The monoisotopic (exact) mass is 354 g/mol. The lowest BCUT2D eigenvalue weighted by atomic mass is 10.3. The van der Waals surface area contributed by atoms with Gasteiger partial charge in [-0.2, -0.15) is 0 Å². The van der Waals surface area contributed by atoms with E-state index in [0.717, 1.165) is 0 Å². The number of carbonyl (C=O) groups excluding carboxylic acids is 2. The Kier molecular flexibility index (Phi) is 5.78. The Balaban J connectivity index is 1.85. The average Bonchev–Trinajstić information content (AvgIpc) is 2.46. The molecule has 1 amide bonds. The van der Waals surface area contributed by atoms with E-state index in [-0.39, 0.29) is 12.1 Å². The molecule has 8 heteroatoms. The van der Waals surface area contributed by atoms with Crippen molar-refractivity contribution in [3.05, 3.63) is 63.0 Å². The molecule has 1 aromatic heterocycles. The van der Waals surface area contributed by atoms with Crippen LogP contribution >= 0.6 is 23.2 Å². The Bertz CT molecular complexity index is 769. The molecule has 120 valence electrons. The number of amides is 1. The van der Waals surface area contributed by atoms with E-state index in [1.54, 1.807) is 12.1 Å². The van der Waals surface area contributed by atoms with Crippen molar-refractivity contribution < 1.29 is 14.3 Å². The topological polar surface area (TPSA) is 77.4 Å². The molecule has 0 aliphatic heterocycles. The third kappa shape index (κ3) is 5.43. The number of esters is 1. The molecule has 0 unspecified atom stereocenters. The van der Waals surface area contributed by atoms with Gasteiger partial charge in [0.1, 0.15) is 6.54 Å². The van der Waals surface area contributed by atoms with Gasteiger partial charge in [0.25, 0.3) is 11.5 Å². The maximum atomic E-state index is 11.7. The fourth-order valence-electron chi connectivity index (χ4n) is 1.75. The third-order valence-corrected chi connectivity index (χ3v) is 3.15. The molecule has 0 saturated carbocycles. The maximum absolute atomic E-state index is 11.7. The quantitative estimate of drug-likeness (QED) is 0.836. The van der Waals surface area contributed by atoms with Crippen LogP contribution in [-0.4, -0.2) is 23.1 Å².